The van der Waals surface area contributed by atoms with E-state index in [0.29, 0.717) is 15.8 Å². The highest BCUT2D eigenvalue weighted by atomic mass is 79.9. The van der Waals surface area contributed by atoms with Crippen LogP contribution in [0.3, 0.4) is 0 Å². The average molecular weight is 284 g/mol. The van der Waals surface area contributed by atoms with Gasteiger partial charge in [-0.1, -0.05) is 0 Å². The first-order valence-electron chi connectivity index (χ1n) is 4.58. The number of hydrogen-bond donors (Lipinski definition) is 0. The van der Waals surface area contributed by atoms with Gasteiger partial charge in [0.15, 0.2) is 0 Å². The molecular weight excluding hydrogens is 274 g/mol. The standard InChI is InChI=1S/C11H10BrNO3/c1-3-16-11(14)8-4-7(6-13)9(12)5-10(8)15-2/h4-5H,3H2,1-2H3. The highest BCUT2D eigenvalue weighted by molar-refractivity contribution is 9.10. The van der Waals surface area contributed by atoms with Crippen LogP contribution in [0.5, 0.6) is 5.75 Å². The Kier molecular flexibility index (Phi) is 4.32. The first-order valence-corrected chi connectivity index (χ1v) is 5.38. The highest BCUT2D eigenvalue weighted by Gasteiger charge is 2.16. The number of nitrogens with zero attached hydrogens (tertiary/aromatic N) is 1. The monoisotopic (exact) mass is 283 g/mol. The van der Waals surface area contributed by atoms with E-state index in [1.54, 1.807) is 13.0 Å². The molecule has 0 fully saturated rings. The van der Waals surface area contributed by atoms with Crippen molar-refractivity contribution >= 4 is 21.9 Å². The highest BCUT2D eigenvalue weighted by Crippen LogP contribution is 2.27. The number of carbonyl (C=O) groups excluding carboxylic acids is 1. The van der Waals surface area contributed by atoms with Crippen molar-refractivity contribution in [2.45, 2.75) is 6.92 Å². The van der Waals surface area contributed by atoms with Gasteiger partial charge in [-0.05, 0) is 35.0 Å². The third kappa shape index (κ3) is 2.52. The molecule has 0 saturated carbocycles. The van der Waals surface area contributed by atoms with Crippen LogP contribution in [-0.4, -0.2) is 19.7 Å². The van der Waals surface area contributed by atoms with Gasteiger partial charge in [-0.3, -0.25) is 0 Å². The van der Waals surface area contributed by atoms with Gasteiger partial charge in [0.05, 0.1) is 19.3 Å². The van der Waals surface area contributed by atoms with Crippen LogP contribution in [0.1, 0.15) is 22.8 Å². The molecule has 0 aromatic heterocycles. The molecule has 0 bridgehead atoms. The second kappa shape index (κ2) is 5.52. The van der Waals surface area contributed by atoms with Crippen LogP contribution in [0.25, 0.3) is 0 Å². The van der Waals surface area contributed by atoms with Crippen LogP contribution in [0.15, 0.2) is 16.6 Å². The molecule has 0 spiro atoms. The van der Waals surface area contributed by atoms with Crippen molar-refractivity contribution in [3.8, 4) is 11.8 Å². The second-order valence-electron chi connectivity index (χ2n) is 2.86. The first-order chi connectivity index (χ1) is 7.63. The molecule has 1 aromatic rings. The minimum atomic E-state index is -0.497. The number of methoxy groups -OCH3 is 1. The van der Waals surface area contributed by atoms with Gasteiger partial charge >= 0.3 is 5.97 Å². The molecule has 5 heteroatoms. The number of nitriles is 1. The van der Waals surface area contributed by atoms with Gasteiger partial charge in [-0.15, -0.1) is 0 Å². The third-order valence-corrected chi connectivity index (χ3v) is 2.56. The lowest BCUT2D eigenvalue weighted by atomic mass is 10.1. The van der Waals surface area contributed by atoms with Crippen molar-refractivity contribution < 1.29 is 14.3 Å². The lowest BCUT2D eigenvalue weighted by Gasteiger charge is -2.09. The molecule has 84 valence electrons. The molecular formula is C11H10BrNO3. The Balaban J connectivity index is 3.26. The van der Waals surface area contributed by atoms with Crippen molar-refractivity contribution in [2.75, 3.05) is 13.7 Å². The summed E-state index contributed by atoms with van der Waals surface area (Å²) in [5, 5.41) is 8.85. The topological polar surface area (TPSA) is 59.3 Å². The maximum Gasteiger partial charge on any atom is 0.341 e. The van der Waals surface area contributed by atoms with Crippen LogP contribution >= 0.6 is 15.9 Å². The summed E-state index contributed by atoms with van der Waals surface area (Å²) >= 11 is 3.22. The van der Waals surface area contributed by atoms with Gasteiger partial charge in [0.25, 0.3) is 0 Å². The molecule has 0 heterocycles. The Labute approximate surface area is 102 Å². The average Bonchev–Trinajstić information content (AvgIpc) is 2.28. The molecule has 0 saturated heterocycles. The zero-order valence-electron chi connectivity index (χ0n) is 8.91. The van der Waals surface area contributed by atoms with E-state index in [-0.39, 0.29) is 12.2 Å². The number of esters is 1. The van der Waals surface area contributed by atoms with Gasteiger partial charge in [0.2, 0.25) is 0 Å². The third-order valence-electron chi connectivity index (χ3n) is 1.90. The van der Waals surface area contributed by atoms with E-state index in [4.69, 9.17) is 14.7 Å². The second-order valence-corrected chi connectivity index (χ2v) is 3.72. The summed E-state index contributed by atoms with van der Waals surface area (Å²) in [5.41, 5.74) is 0.618. The van der Waals surface area contributed by atoms with Crippen LogP contribution in [-0.2, 0) is 4.74 Å². The molecule has 1 rings (SSSR count). The molecule has 0 atom stereocenters. The van der Waals surface area contributed by atoms with Gasteiger partial charge in [0.1, 0.15) is 17.4 Å². The molecule has 0 aliphatic rings. The Morgan fingerprint density at radius 2 is 2.25 bits per heavy atom. The van der Waals surface area contributed by atoms with Crippen molar-refractivity contribution in [3.63, 3.8) is 0 Å². The summed E-state index contributed by atoms with van der Waals surface area (Å²) in [6.07, 6.45) is 0. The van der Waals surface area contributed by atoms with Crippen LogP contribution < -0.4 is 4.74 Å². The molecule has 1 aromatic carbocycles. The summed E-state index contributed by atoms with van der Waals surface area (Å²) in [4.78, 5) is 11.6. The van der Waals surface area contributed by atoms with Gasteiger partial charge in [0, 0.05) is 4.47 Å². The first kappa shape index (κ1) is 12.5. The summed E-state index contributed by atoms with van der Waals surface area (Å²) in [6.45, 7) is 1.99. The molecule has 0 amide bonds. The van der Waals surface area contributed by atoms with E-state index in [1.807, 2.05) is 6.07 Å². The van der Waals surface area contributed by atoms with Crippen LogP contribution in [0.2, 0.25) is 0 Å². The summed E-state index contributed by atoms with van der Waals surface area (Å²) in [6, 6.07) is 4.99. The van der Waals surface area contributed by atoms with Crippen molar-refractivity contribution in [2.24, 2.45) is 0 Å². The number of halogens is 1. The fourth-order valence-corrected chi connectivity index (χ4v) is 1.59. The van der Waals surface area contributed by atoms with Gasteiger partial charge in [-0.25, -0.2) is 4.79 Å². The zero-order chi connectivity index (χ0) is 12.1. The Bertz CT molecular complexity index is 451. The van der Waals surface area contributed by atoms with Gasteiger partial charge in [-0.2, -0.15) is 5.26 Å². The predicted molar refractivity (Wildman–Crippen MR) is 61.4 cm³/mol. The van der Waals surface area contributed by atoms with E-state index in [9.17, 15) is 4.79 Å². The lowest BCUT2D eigenvalue weighted by molar-refractivity contribution is 0.0522. The summed E-state index contributed by atoms with van der Waals surface area (Å²) in [5.74, 6) is -0.118. The fraction of sp³-hybridized carbons (Fsp3) is 0.273. The summed E-state index contributed by atoms with van der Waals surface area (Å²) in [7, 11) is 1.45. The quantitative estimate of drug-likeness (QED) is 0.800. The number of hydrogen-bond acceptors (Lipinski definition) is 4. The smallest absolute Gasteiger partial charge is 0.341 e. The van der Waals surface area contributed by atoms with Crippen molar-refractivity contribution in [3.05, 3.63) is 27.7 Å². The Morgan fingerprint density at radius 1 is 1.56 bits per heavy atom. The number of ether oxygens (including phenoxy) is 2. The van der Waals surface area contributed by atoms with E-state index >= 15 is 0 Å². The van der Waals surface area contributed by atoms with Crippen LogP contribution in [0, 0.1) is 11.3 Å². The predicted octanol–water partition coefficient (Wildman–Crippen LogP) is 2.51. The van der Waals surface area contributed by atoms with Crippen LogP contribution in [0.4, 0.5) is 0 Å². The molecule has 0 aliphatic heterocycles. The van der Waals surface area contributed by atoms with Crippen molar-refractivity contribution in [1.29, 1.82) is 5.26 Å². The maximum atomic E-state index is 11.6. The van der Waals surface area contributed by atoms with E-state index in [1.165, 1.54) is 13.2 Å². The summed E-state index contributed by atoms with van der Waals surface area (Å²) < 4.78 is 10.5. The maximum absolute atomic E-state index is 11.6. The fourth-order valence-electron chi connectivity index (χ4n) is 1.18. The Hall–Kier alpha value is -1.54. The number of benzene rings is 1. The van der Waals surface area contributed by atoms with E-state index in [2.05, 4.69) is 15.9 Å². The largest absolute Gasteiger partial charge is 0.496 e. The van der Waals surface area contributed by atoms with E-state index in [0.717, 1.165) is 0 Å². The molecule has 16 heavy (non-hydrogen) atoms. The van der Waals surface area contributed by atoms with Gasteiger partial charge < -0.3 is 9.47 Å². The molecule has 0 aliphatic carbocycles. The number of carbonyl (C=O) groups is 1. The molecule has 4 nitrogen and oxygen atoms in total. The zero-order valence-corrected chi connectivity index (χ0v) is 10.5. The SMILES string of the molecule is CCOC(=O)c1cc(C#N)c(Br)cc1OC. The Morgan fingerprint density at radius 3 is 2.75 bits per heavy atom. The molecule has 0 radical (unpaired) electrons. The minimum Gasteiger partial charge on any atom is -0.496 e. The number of rotatable bonds is 3. The van der Waals surface area contributed by atoms with E-state index < -0.39 is 5.97 Å². The molecule has 0 N–H and O–H groups in total. The minimum absolute atomic E-state index is 0.254. The van der Waals surface area contributed by atoms with Crippen molar-refractivity contribution in [1.82, 2.24) is 0 Å². The normalized spacial score (nSPS) is 9.38. The lowest BCUT2D eigenvalue weighted by Crippen LogP contribution is -2.07. The molecule has 0 unspecified atom stereocenters.